The number of primary sulfonamides is 1. The van der Waals surface area contributed by atoms with Gasteiger partial charge in [-0.1, -0.05) is 28.1 Å². The molecule has 0 aliphatic heterocycles. The van der Waals surface area contributed by atoms with Crippen molar-refractivity contribution in [1.29, 1.82) is 0 Å². The molecular weight excluding hydrogens is 328 g/mol. The van der Waals surface area contributed by atoms with Gasteiger partial charge in [0, 0.05) is 10.7 Å². The highest BCUT2D eigenvalue weighted by atomic mass is 79.9. The zero-order valence-electron chi connectivity index (χ0n) is 9.82. The van der Waals surface area contributed by atoms with E-state index in [0.29, 0.717) is 5.69 Å². The Bertz CT molecular complexity index is 692. The molecule has 2 aromatic rings. The lowest BCUT2D eigenvalue weighted by Gasteiger charge is -1.98. The molecule has 4 nitrogen and oxygen atoms in total. The molecule has 0 radical (unpaired) electrons. The summed E-state index contributed by atoms with van der Waals surface area (Å²) >= 11 is 3.35. The van der Waals surface area contributed by atoms with Gasteiger partial charge < -0.3 is 0 Å². The molecule has 0 bridgehead atoms. The highest BCUT2D eigenvalue weighted by Crippen LogP contribution is 2.16. The van der Waals surface area contributed by atoms with Crippen molar-refractivity contribution in [2.45, 2.75) is 4.90 Å². The van der Waals surface area contributed by atoms with Crippen LogP contribution in [0.1, 0.15) is 5.56 Å². The third-order valence-corrected chi connectivity index (χ3v) is 3.86. The van der Waals surface area contributed by atoms with E-state index in [-0.39, 0.29) is 4.90 Å². The van der Waals surface area contributed by atoms with Crippen molar-refractivity contribution >= 4 is 37.9 Å². The average Bonchev–Trinajstić information content (AvgIpc) is 2.37. The molecule has 0 amide bonds. The molecule has 0 saturated heterocycles. The maximum Gasteiger partial charge on any atom is 0.238 e. The molecule has 2 aromatic carbocycles. The van der Waals surface area contributed by atoms with Crippen LogP contribution in [0.5, 0.6) is 0 Å². The van der Waals surface area contributed by atoms with Crippen LogP contribution >= 0.6 is 15.9 Å². The Labute approximate surface area is 120 Å². The molecule has 19 heavy (non-hydrogen) atoms. The Kier molecular flexibility index (Phi) is 4.14. The predicted molar refractivity (Wildman–Crippen MR) is 79.2 cm³/mol. The summed E-state index contributed by atoms with van der Waals surface area (Å²) in [6.07, 6.45) is 1.71. The Balaban J connectivity index is 2.18. The van der Waals surface area contributed by atoms with Crippen molar-refractivity contribution in [3.63, 3.8) is 0 Å². The summed E-state index contributed by atoms with van der Waals surface area (Å²) in [5.41, 5.74) is 1.62. The first-order valence-electron chi connectivity index (χ1n) is 5.38. The summed E-state index contributed by atoms with van der Waals surface area (Å²) in [4.78, 5) is 4.33. The van der Waals surface area contributed by atoms with Gasteiger partial charge in [0.25, 0.3) is 0 Å². The molecule has 0 spiro atoms. The molecule has 0 unspecified atom stereocenters. The van der Waals surface area contributed by atoms with E-state index in [1.807, 2.05) is 24.3 Å². The summed E-state index contributed by atoms with van der Waals surface area (Å²) < 4.78 is 23.2. The standard InChI is InChI=1S/C13H11BrN2O2S/c14-11-3-1-10(2-4-11)9-16-12-5-7-13(8-6-12)19(15,17)18/h1-9H,(H2,15,17,18)/b16-9+. The van der Waals surface area contributed by atoms with Crippen LogP contribution < -0.4 is 5.14 Å². The van der Waals surface area contributed by atoms with E-state index in [2.05, 4.69) is 20.9 Å². The van der Waals surface area contributed by atoms with Crippen molar-refractivity contribution in [2.75, 3.05) is 0 Å². The lowest BCUT2D eigenvalue weighted by atomic mass is 10.2. The quantitative estimate of drug-likeness (QED) is 0.874. The molecule has 0 atom stereocenters. The fourth-order valence-corrected chi connectivity index (χ4v) is 2.20. The van der Waals surface area contributed by atoms with Crippen molar-refractivity contribution in [3.8, 4) is 0 Å². The van der Waals surface area contributed by atoms with E-state index in [4.69, 9.17) is 5.14 Å². The van der Waals surface area contributed by atoms with Gasteiger partial charge in [-0.25, -0.2) is 13.6 Å². The molecular formula is C13H11BrN2O2S. The van der Waals surface area contributed by atoms with E-state index >= 15 is 0 Å². The van der Waals surface area contributed by atoms with Gasteiger partial charge in [-0.05, 0) is 42.0 Å². The lowest BCUT2D eigenvalue weighted by molar-refractivity contribution is 0.598. The van der Waals surface area contributed by atoms with Gasteiger partial charge in [0.1, 0.15) is 0 Å². The van der Waals surface area contributed by atoms with Crippen LogP contribution in [0.15, 0.2) is 62.9 Å². The molecule has 0 heterocycles. The number of hydrogen-bond acceptors (Lipinski definition) is 3. The van der Waals surface area contributed by atoms with Gasteiger partial charge in [0.05, 0.1) is 10.6 Å². The van der Waals surface area contributed by atoms with Crippen molar-refractivity contribution in [3.05, 3.63) is 58.6 Å². The molecule has 6 heteroatoms. The van der Waals surface area contributed by atoms with Gasteiger partial charge in [0.2, 0.25) is 10.0 Å². The second-order valence-electron chi connectivity index (χ2n) is 3.85. The normalized spacial score (nSPS) is 11.9. The topological polar surface area (TPSA) is 72.5 Å². The van der Waals surface area contributed by atoms with E-state index in [9.17, 15) is 8.42 Å². The molecule has 0 aliphatic rings. The number of halogens is 1. The third kappa shape index (κ3) is 3.99. The Morgan fingerprint density at radius 3 is 2.11 bits per heavy atom. The van der Waals surface area contributed by atoms with Gasteiger partial charge in [0.15, 0.2) is 0 Å². The minimum Gasteiger partial charge on any atom is -0.256 e. The summed E-state index contributed by atoms with van der Waals surface area (Å²) in [6, 6.07) is 13.8. The Morgan fingerprint density at radius 2 is 1.58 bits per heavy atom. The minimum atomic E-state index is -3.65. The van der Waals surface area contributed by atoms with Gasteiger partial charge in [-0.3, -0.25) is 4.99 Å². The average molecular weight is 339 g/mol. The Morgan fingerprint density at radius 1 is 1.00 bits per heavy atom. The van der Waals surface area contributed by atoms with Crippen LogP contribution in [0.3, 0.4) is 0 Å². The van der Waals surface area contributed by atoms with Crippen LogP contribution in [-0.2, 0) is 10.0 Å². The first-order chi connectivity index (χ1) is 8.95. The maximum atomic E-state index is 11.1. The van der Waals surface area contributed by atoms with Crippen molar-refractivity contribution < 1.29 is 8.42 Å². The predicted octanol–water partition coefficient (Wildman–Crippen LogP) is 2.85. The summed E-state index contributed by atoms with van der Waals surface area (Å²) in [7, 11) is -3.65. The Hall–Kier alpha value is -1.50. The lowest BCUT2D eigenvalue weighted by Crippen LogP contribution is -2.11. The van der Waals surface area contributed by atoms with E-state index in [0.717, 1.165) is 10.0 Å². The highest BCUT2D eigenvalue weighted by molar-refractivity contribution is 9.10. The molecule has 2 N–H and O–H groups in total. The maximum absolute atomic E-state index is 11.1. The van der Waals surface area contributed by atoms with Crippen LogP contribution in [0.4, 0.5) is 5.69 Å². The minimum absolute atomic E-state index is 0.0788. The number of nitrogens with two attached hydrogens (primary N) is 1. The largest absolute Gasteiger partial charge is 0.256 e. The first kappa shape index (κ1) is 13.9. The fraction of sp³-hybridized carbons (Fsp3) is 0. The monoisotopic (exact) mass is 338 g/mol. The summed E-state index contributed by atoms with van der Waals surface area (Å²) in [6.45, 7) is 0. The van der Waals surface area contributed by atoms with Crippen LogP contribution in [-0.4, -0.2) is 14.6 Å². The number of nitrogens with zero attached hydrogens (tertiary/aromatic N) is 1. The number of benzene rings is 2. The van der Waals surface area contributed by atoms with E-state index in [1.165, 1.54) is 12.1 Å². The van der Waals surface area contributed by atoms with Gasteiger partial charge in [-0.2, -0.15) is 0 Å². The third-order valence-electron chi connectivity index (χ3n) is 2.40. The highest BCUT2D eigenvalue weighted by Gasteiger charge is 2.05. The second-order valence-corrected chi connectivity index (χ2v) is 6.33. The molecule has 0 saturated carbocycles. The summed E-state index contributed by atoms with van der Waals surface area (Å²) in [5, 5.41) is 5.02. The van der Waals surface area contributed by atoms with Gasteiger partial charge in [-0.15, -0.1) is 0 Å². The number of aliphatic imine (C=N–C) groups is 1. The molecule has 2 rings (SSSR count). The first-order valence-corrected chi connectivity index (χ1v) is 7.71. The van der Waals surface area contributed by atoms with E-state index < -0.39 is 10.0 Å². The number of sulfonamides is 1. The number of hydrogen-bond donors (Lipinski definition) is 1. The zero-order valence-corrected chi connectivity index (χ0v) is 12.2. The molecule has 0 aromatic heterocycles. The number of rotatable bonds is 3. The van der Waals surface area contributed by atoms with Crippen LogP contribution in [0.25, 0.3) is 0 Å². The second kappa shape index (κ2) is 5.64. The molecule has 0 aliphatic carbocycles. The van der Waals surface area contributed by atoms with Gasteiger partial charge >= 0.3 is 0 Å². The van der Waals surface area contributed by atoms with Crippen molar-refractivity contribution in [2.24, 2.45) is 10.1 Å². The molecule has 98 valence electrons. The zero-order chi connectivity index (χ0) is 13.9. The van der Waals surface area contributed by atoms with Crippen molar-refractivity contribution in [1.82, 2.24) is 0 Å². The SMILES string of the molecule is NS(=O)(=O)c1ccc(/N=C/c2ccc(Br)cc2)cc1. The van der Waals surface area contributed by atoms with E-state index in [1.54, 1.807) is 18.3 Å². The fourth-order valence-electron chi connectivity index (χ4n) is 1.42. The summed E-state index contributed by atoms with van der Waals surface area (Å²) in [5.74, 6) is 0. The molecule has 0 fully saturated rings. The van der Waals surface area contributed by atoms with Crippen LogP contribution in [0, 0.1) is 0 Å². The van der Waals surface area contributed by atoms with Crippen LogP contribution in [0.2, 0.25) is 0 Å². The smallest absolute Gasteiger partial charge is 0.238 e.